The summed E-state index contributed by atoms with van der Waals surface area (Å²) in [6.45, 7) is -0.320. The van der Waals surface area contributed by atoms with Crippen molar-refractivity contribution in [2.45, 2.75) is 75.9 Å². The lowest BCUT2D eigenvalue weighted by atomic mass is 9.89. The van der Waals surface area contributed by atoms with Crippen molar-refractivity contribution >= 4 is 35.3 Å². The van der Waals surface area contributed by atoms with Crippen molar-refractivity contribution in [3.8, 4) is 16.9 Å². The van der Waals surface area contributed by atoms with E-state index in [9.17, 15) is 33.9 Å². The molecule has 2 aliphatic rings. The Kier molecular flexibility index (Phi) is 17.1. The zero-order valence-corrected chi connectivity index (χ0v) is 37.8. The molecule has 8 rings (SSSR count). The van der Waals surface area contributed by atoms with Gasteiger partial charge in [0, 0.05) is 43.5 Å². The van der Waals surface area contributed by atoms with E-state index in [-0.39, 0.29) is 57.3 Å². The molecular weight excluding hydrogens is 857 g/mol. The number of aromatic nitrogens is 1. The molecule has 5 aromatic carbocycles. The number of ether oxygens (including phenoxy) is 1. The number of nitrogens with one attached hydrogen (secondary N) is 3. The number of rotatable bonds is 14. The molecule has 5 atom stereocenters. The van der Waals surface area contributed by atoms with Crippen molar-refractivity contribution in [1.82, 2.24) is 20.9 Å². The maximum Gasteiger partial charge on any atom is 0.326 e. The number of carbonyl (C=O) groups is 6. The molecule has 0 radical (unpaired) electrons. The Morgan fingerprint density at radius 1 is 0.618 bits per heavy atom. The second-order valence-electron chi connectivity index (χ2n) is 17.3. The number of nitrogens with zero attached hydrogens (tertiary/aromatic N) is 1. The third-order valence-corrected chi connectivity index (χ3v) is 12.3. The van der Waals surface area contributed by atoms with Crippen molar-refractivity contribution < 1.29 is 38.6 Å². The van der Waals surface area contributed by atoms with Gasteiger partial charge in [-0.05, 0) is 102 Å². The summed E-state index contributed by atoms with van der Waals surface area (Å²) < 4.78 is 5.89. The van der Waals surface area contributed by atoms with Crippen LogP contribution in [0.5, 0.6) is 5.75 Å². The minimum Gasteiger partial charge on any atom is -0.486 e. The van der Waals surface area contributed by atoms with Gasteiger partial charge in [-0.3, -0.25) is 29.0 Å². The van der Waals surface area contributed by atoms with Gasteiger partial charge in [-0.1, -0.05) is 127 Å². The van der Waals surface area contributed by atoms with Crippen LogP contribution in [0.4, 0.5) is 0 Å². The number of hydrogen-bond acceptors (Lipinski definition) is 8. The highest BCUT2D eigenvalue weighted by Gasteiger charge is 2.34. The van der Waals surface area contributed by atoms with Gasteiger partial charge in [0.05, 0.1) is 6.04 Å². The van der Waals surface area contributed by atoms with Crippen LogP contribution in [0, 0.1) is 11.8 Å². The topological polar surface area (TPSA) is 181 Å². The standard InChI is InChI=1S/C56H56N4O8/c61-47-35-45(33-42-28-30-57-31-29-42)53(63)60-51(34-41-16-22-44(23-17-41)43-14-8-3-9-15-43)55(65)58-49(26-20-38-10-4-1-5-11-38)52(62)36-46(32-40-18-24-48(25-19-40)68-37-47)54(64)59-50(56(66)67)27-21-39-12-6-2-7-13-39/h1-19,22-25,28-31,45-46,49-51H,20-21,26-27,32-37H2,(H,58,65)(H,59,64)(H,60,63)(H,66,67)/t45-,46-,49+,50-,51-/m1/s1. The number of fused-ring (bicyclic) bond motifs is 16. The van der Waals surface area contributed by atoms with E-state index < -0.39 is 59.4 Å². The number of carbonyl (C=O) groups excluding carboxylic acids is 5. The summed E-state index contributed by atoms with van der Waals surface area (Å²) in [5.41, 5.74) is 6.01. The number of Topliss-reactive ketones (excluding diaryl/α,β-unsaturated/α-hetero) is 2. The van der Waals surface area contributed by atoms with E-state index in [1.807, 2.05) is 115 Å². The molecule has 4 N–H and O–H groups in total. The molecule has 0 unspecified atom stereocenters. The first-order valence-corrected chi connectivity index (χ1v) is 23.1. The molecule has 68 heavy (non-hydrogen) atoms. The van der Waals surface area contributed by atoms with Gasteiger partial charge in [-0.15, -0.1) is 0 Å². The molecule has 12 heteroatoms. The van der Waals surface area contributed by atoms with E-state index in [2.05, 4.69) is 20.9 Å². The third kappa shape index (κ3) is 14.4. The Hall–Kier alpha value is -7.73. The molecule has 3 heterocycles. The largest absolute Gasteiger partial charge is 0.486 e. The average molecular weight is 913 g/mol. The first kappa shape index (κ1) is 48.2. The van der Waals surface area contributed by atoms with Gasteiger partial charge in [0.2, 0.25) is 17.7 Å². The van der Waals surface area contributed by atoms with Crippen molar-refractivity contribution in [2.75, 3.05) is 6.61 Å². The Bertz CT molecular complexity index is 2610. The van der Waals surface area contributed by atoms with Gasteiger partial charge in [-0.2, -0.15) is 0 Å². The molecule has 1 aromatic heterocycles. The van der Waals surface area contributed by atoms with Gasteiger partial charge < -0.3 is 25.8 Å². The SMILES string of the molecule is O=C1COc2ccc(cc2)C[C@@H](C(=O)N[C@H](CCc2ccccc2)C(=O)O)CC(=O)[C@H](CCc2ccccc2)NC(=O)[C@@H](Cc2ccc(-c3ccccc3)cc2)NC(=O)[C@H](Cc2ccncc2)C1. The summed E-state index contributed by atoms with van der Waals surface area (Å²) in [5, 5.41) is 18.9. The van der Waals surface area contributed by atoms with Crippen molar-refractivity contribution in [1.29, 1.82) is 0 Å². The second-order valence-corrected chi connectivity index (χ2v) is 17.3. The zero-order chi connectivity index (χ0) is 47.7. The summed E-state index contributed by atoms with van der Waals surface area (Å²) in [6.07, 6.45) is 4.14. The van der Waals surface area contributed by atoms with Crippen LogP contribution in [0.15, 0.2) is 164 Å². The van der Waals surface area contributed by atoms with E-state index in [1.54, 1.807) is 48.8 Å². The maximum atomic E-state index is 14.8. The molecule has 348 valence electrons. The highest BCUT2D eigenvalue weighted by atomic mass is 16.5. The summed E-state index contributed by atoms with van der Waals surface area (Å²) in [5.74, 6) is -5.25. The summed E-state index contributed by atoms with van der Waals surface area (Å²) in [7, 11) is 0. The van der Waals surface area contributed by atoms with Crippen LogP contribution in [0.25, 0.3) is 11.1 Å². The first-order chi connectivity index (χ1) is 33.1. The van der Waals surface area contributed by atoms with Gasteiger partial charge in [0.25, 0.3) is 0 Å². The predicted molar refractivity (Wildman–Crippen MR) is 258 cm³/mol. The molecule has 2 aliphatic heterocycles. The number of amides is 3. The Morgan fingerprint density at radius 2 is 1.21 bits per heavy atom. The third-order valence-electron chi connectivity index (χ3n) is 12.3. The number of pyridine rings is 1. The van der Waals surface area contributed by atoms with Crippen molar-refractivity contribution in [3.05, 3.63) is 192 Å². The predicted octanol–water partition coefficient (Wildman–Crippen LogP) is 7.12. The monoisotopic (exact) mass is 912 g/mol. The van der Waals surface area contributed by atoms with Crippen LogP contribution in [-0.4, -0.2) is 70.1 Å². The number of ketones is 2. The van der Waals surface area contributed by atoms with E-state index >= 15 is 0 Å². The average Bonchev–Trinajstić information content (AvgIpc) is 3.36. The van der Waals surface area contributed by atoms with Gasteiger partial charge in [-0.25, -0.2) is 4.79 Å². The molecule has 0 aliphatic carbocycles. The van der Waals surface area contributed by atoms with Crippen LogP contribution in [0.1, 0.15) is 53.5 Å². The van der Waals surface area contributed by atoms with E-state index in [0.29, 0.717) is 24.2 Å². The number of benzene rings is 5. The van der Waals surface area contributed by atoms with E-state index in [1.165, 1.54) is 0 Å². The fourth-order valence-electron chi connectivity index (χ4n) is 8.45. The minimum absolute atomic E-state index is 0.0594. The summed E-state index contributed by atoms with van der Waals surface area (Å²) >= 11 is 0. The molecular formula is C56H56N4O8. The molecule has 0 fully saturated rings. The van der Waals surface area contributed by atoms with Crippen LogP contribution < -0.4 is 20.7 Å². The normalized spacial score (nSPS) is 18.7. The molecule has 3 amide bonds. The first-order valence-electron chi connectivity index (χ1n) is 23.1. The van der Waals surface area contributed by atoms with Gasteiger partial charge in [0.15, 0.2) is 11.6 Å². The molecule has 6 aromatic rings. The van der Waals surface area contributed by atoms with Crippen molar-refractivity contribution in [3.63, 3.8) is 0 Å². The zero-order valence-electron chi connectivity index (χ0n) is 37.8. The number of hydrogen-bond donors (Lipinski definition) is 4. The number of aryl methyl sites for hydroxylation is 2. The Morgan fingerprint density at radius 3 is 1.85 bits per heavy atom. The van der Waals surface area contributed by atoms with Crippen LogP contribution in [-0.2, 0) is 60.9 Å². The highest BCUT2D eigenvalue weighted by molar-refractivity contribution is 5.96. The van der Waals surface area contributed by atoms with E-state index in [4.69, 9.17) is 4.74 Å². The number of carboxylic acid groups (broad SMARTS) is 1. The quantitative estimate of drug-likeness (QED) is 0.0885. The van der Waals surface area contributed by atoms with Gasteiger partial charge in [0.1, 0.15) is 24.4 Å². The lowest BCUT2D eigenvalue weighted by Gasteiger charge is -2.26. The fraction of sp³-hybridized carbons (Fsp3) is 0.268. The maximum absolute atomic E-state index is 14.8. The number of aliphatic carboxylic acids is 1. The summed E-state index contributed by atoms with van der Waals surface area (Å²) in [6, 6.07) is 43.2. The molecule has 0 saturated heterocycles. The molecule has 2 bridgehead atoms. The van der Waals surface area contributed by atoms with Crippen molar-refractivity contribution in [2.24, 2.45) is 11.8 Å². The fourth-order valence-corrected chi connectivity index (χ4v) is 8.45. The lowest BCUT2D eigenvalue weighted by Crippen LogP contribution is -2.54. The Balaban J connectivity index is 1.21. The van der Waals surface area contributed by atoms with Crippen LogP contribution in [0.2, 0.25) is 0 Å². The molecule has 12 nitrogen and oxygen atoms in total. The lowest BCUT2D eigenvalue weighted by molar-refractivity contribution is -0.143. The minimum atomic E-state index is -1.23. The van der Waals surface area contributed by atoms with E-state index in [0.717, 1.165) is 33.4 Å². The second kappa shape index (κ2) is 24.2. The van der Waals surface area contributed by atoms with Gasteiger partial charge >= 0.3 is 5.97 Å². The smallest absolute Gasteiger partial charge is 0.326 e. The summed E-state index contributed by atoms with van der Waals surface area (Å²) in [4.78, 5) is 88.5. The van der Waals surface area contributed by atoms with Crippen LogP contribution >= 0.6 is 0 Å². The van der Waals surface area contributed by atoms with Crippen LogP contribution in [0.3, 0.4) is 0 Å². The number of carboxylic acids is 1. The Labute approximate surface area is 396 Å². The molecule has 0 spiro atoms. The highest BCUT2D eigenvalue weighted by Crippen LogP contribution is 2.23. The molecule has 0 saturated carbocycles.